The molecule has 1 saturated carbocycles. The lowest BCUT2D eigenvalue weighted by Gasteiger charge is -2.28. The van der Waals surface area contributed by atoms with Crippen LogP contribution in [-0.4, -0.2) is 41.6 Å². The lowest BCUT2D eigenvalue weighted by atomic mass is 10.00. The van der Waals surface area contributed by atoms with Crippen molar-refractivity contribution in [2.24, 2.45) is 5.92 Å². The highest BCUT2D eigenvalue weighted by atomic mass is 16.5. The summed E-state index contributed by atoms with van der Waals surface area (Å²) < 4.78 is 7.82. The first kappa shape index (κ1) is 22.2. The van der Waals surface area contributed by atoms with Crippen LogP contribution in [-0.2, 0) is 25.9 Å². The molecule has 1 amide bonds. The van der Waals surface area contributed by atoms with E-state index >= 15 is 0 Å². The first-order valence-corrected chi connectivity index (χ1v) is 12.7. The SMILES string of the molecule is O=C(NCCCN1CCc2ccccc2C1)c1c(OCC2CC2)cc(=O)n2c1CCCCC2. The molecule has 5 rings (SSSR count). The summed E-state index contributed by atoms with van der Waals surface area (Å²) in [6, 6.07) is 10.2. The van der Waals surface area contributed by atoms with Crippen molar-refractivity contribution in [3.05, 3.63) is 63.1 Å². The number of ether oxygens (including phenoxy) is 1. The molecule has 2 aliphatic heterocycles. The Morgan fingerprint density at radius 3 is 2.76 bits per heavy atom. The Balaban J connectivity index is 1.23. The fraction of sp³-hybridized carbons (Fsp3) is 0.556. The lowest BCUT2D eigenvalue weighted by Crippen LogP contribution is -2.35. The van der Waals surface area contributed by atoms with Gasteiger partial charge in [0.2, 0.25) is 0 Å². The van der Waals surface area contributed by atoms with E-state index in [1.54, 1.807) is 4.57 Å². The van der Waals surface area contributed by atoms with Gasteiger partial charge < -0.3 is 14.6 Å². The van der Waals surface area contributed by atoms with Gasteiger partial charge in [-0.25, -0.2) is 0 Å². The Hall–Kier alpha value is -2.60. The quantitative estimate of drug-likeness (QED) is 0.626. The minimum Gasteiger partial charge on any atom is -0.492 e. The highest BCUT2D eigenvalue weighted by Crippen LogP contribution is 2.31. The van der Waals surface area contributed by atoms with Crippen LogP contribution in [0.3, 0.4) is 0 Å². The van der Waals surface area contributed by atoms with Crippen molar-refractivity contribution >= 4 is 5.91 Å². The summed E-state index contributed by atoms with van der Waals surface area (Å²) >= 11 is 0. The van der Waals surface area contributed by atoms with Crippen molar-refractivity contribution < 1.29 is 9.53 Å². The van der Waals surface area contributed by atoms with Crippen LogP contribution in [0.5, 0.6) is 5.75 Å². The van der Waals surface area contributed by atoms with Gasteiger partial charge in [0.25, 0.3) is 11.5 Å². The summed E-state index contributed by atoms with van der Waals surface area (Å²) in [6.45, 7) is 4.93. The van der Waals surface area contributed by atoms with E-state index in [1.807, 2.05) is 0 Å². The first-order valence-electron chi connectivity index (χ1n) is 12.7. The van der Waals surface area contributed by atoms with Gasteiger partial charge in [-0.05, 0) is 62.0 Å². The average Bonchev–Trinajstić information content (AvgIpc) is 3.67. The molecule has 176 valence electrons. The normalized spacial score (nSPS) is 18.2. The number of carbonyl (C=O) groups excluding carboxylic acids is 1. The van der Waals surface area contributed by atoms with E-state index in [0.717, 1.165) is 63.9 Å². The van der Waals surface area contributed by atoms with Crippen LogP contribution in [0, 0.1) is 5.92 Å². The molecule has 33 heavy (non-hydrogen) atoms. The Bertz CT molecular complexity index is 1060. The minimum absolute atomic E-state index is 0.0420. The van der Waals surface area contributed by atoms with Gasteiger partial charge in [-0.3, -0.25) is 14.5 Å². The Kier molecular flexibility index (Phi) is 6.81. The number of pyridine rings is 1. The molecule has 3 heterocycles. The van der Waals surface area contributed by atoms with Gasteiger partial charge in [-0.1, -0.05) is 30.7 Å². The van der Waals surface area contributed by atoms with E-state index in [9.17, 15) is 9.59 Å². The second kappa shape index (κ2) is 10.1. The number of benzene rings is 1. The molecule has 6 nitrogen and oxygen atoms in total. The van der Waals surface area contributed by atoms with Crippen LogP contribution < -0.4 is 15.6 Å². The molecular weight excluding hydrogens is 414 g/mol. The van der Waals surface area contributed by atoms with E-state index in [4.69, 9.17) is 4.74 Å². The molecule has 1 aromatic carbocycles. The number of nitrogens with zero attached hydrogens (tertiary/aromatic N) is 2. The maximum absolute atomic E-state index is 13.3. The summed E-state index contributed by atoms with van der Waals surface area (Å²) in [7, 11) is 0. The van der Waals surface area contributed by atoms with Gasteiger partial charge >= 0.3 is 0 Å². The number of carbonyl (C=O) groups is 1. The van der Waals surface area contributed by atoms with Crippen LogP contribution in [0.1, 0.15) is 65.7 Å². The molecule has 0 radical (unpaired) electrons. The third-order valence-corrected chi connectivity index (χ3v) is 7.22. The summed E-state index contributed by atoms with van der Waals surface area (Å²) in [4.78, 5) is 28.5. The lowest BCUT2D eigenvalue weighted by molar-refractivity contribution is 0.0944. The zero-order chi connectivity index (χ0) is 22.6. The van der Waals surface area contributed by atoms with Crippen LogP contribution in [0.2, 0.25) is 0 Å². The van der Waals surface area contributed by atoms with Crippen LogP contribution in [0.4, 0.5) is 0 Å². The molecule has 2 aromatic rings. The van der Waals surface area contributed by atoms with Gasteiger partial charge in [0.15, 0.2) is 0 Å². The number of amides is 1. The second-order valence-corrected chi connectivity index (χ2v) is 9.79. The topological polar surface area (TPSA) is 63.6 Å². The van der Waals surface area contributed by atoms with Gasteiger partial charge in [0.1, 0.15) is 11.3 Å². The van der Waals surface area contributed by atoms with Gasteiger partial charge in [0.05, 0.1) is 6.61 Å². The van der Waals surface area contributed by atoms with E-state index < -0.39 is 0 Å². The predicted octanol–water partition coefficient (Wildman–Crippen LogP) is 3.54. The monoisotopic (exact) mass is 449 g/mol. The van der Waals surface area contributed by atoms with Crippen LogP contribution in [0.25, 0.3) is 0 Å². The third kappa shape index (κ3) is 5.32. The van der Waals surface area contributed by atoms with E-state index in [2.05, 4.69) is 34.5 Å². The summed E-state index contributed by atoms with van der Waals surface area (Å²) in [6.07, 6.45) is 8.16. The van der Waals surface area contributed by atoms with E-state index in [1.165, 1.54) is 30.0 Å². The largest absolute Gasteiger partial charge is 0.492 e. The third-order valence-electron chi connectivity index (χ3n) is 7.22. The smallest absolute Gasteiger partial charge is 0.256 e. The van der Waals surface area contributed by atoms with Crippen LogP contribution >= 0.6 is 0 Å². The molecule has 0 unspecified atom stereocenters. The van der Waals surface area contributed by atoms with E-state index in [-0.39, 0.29) is 11.5 Å². The maximum Gasteiger partial charge on any atom is 0.256 e. The Labute approximate surface area is 195 Å². The van der Waals surface area contributed by atoms with Crippen molar-refractivity contribution in [3.8, 4) is 5.75 Å². The molecule has 1 N–H and O–H groups in total. The molecule has 0 atom stereocenters. The second-order valence-electron chi connectivity index (χ2n) is 9.79. The molecule has 1 aliphatic carbocycles. The molecule has 0 bridgehead atoms. The fourth-order valence-electron chi connectivity index (χ4n) is 5.10. The minimum atomic E-state index is -0.101. The molecule has 3 aliphatic rings. The van der Waals surface area contributed by atoms with Gasteiger partial charge in [-0.15, -0.1) is 0 Å². The first-order chi connectivity index (χ1) is 16.2. The number of rotatable bonds is 8. The molecule has 1 aromatic heterocycles. The summed E-state index contributed by atoms with van der Waals surface area (Å²) in [5, 5.41) is 3.13. The molecule has 0 spiro atoms. The molecule has 1 fully saturated rings. The highest BCUT2D eigenvalue weighted by Gasteiger charge is 2.27. The van der Waals surface area contributed by atoms with Crippen molar-refractivity contribution in [2.75, 3.05) is 26.2 Å². The zero-order valence-corrected chi connectivity index (χ0v) is 19.5. The molecule has 6 heteroatoms. The zero-order valence-electron chi connectivity index (χ0n) is 19.5. The van der Waals surface area contributed by atoms with Crippen molar-refractivity contribution in [2.45, 2.75) is 64.5 Å². The maximum atomic E-state index is 13.3. The highest BCUT2D eigenvalue weighted by molar-refractivity contribution is 5.98. The number of fused-ring (bicyclic) bond motifs is 2. The number of nitrogens with one attached hydrogen (secondary N) is 1. The number of hydrogen-bond acceptors (Lipinski definition) is 4. The standard InChI is InChI=1S/C27H35N3O3/c31-25-17-24(33-19-20-10-11-20)26(23-9-2-1-5-15-30(23)25)27(32)28-13-6-14-29-16-12-21-7-3-4-8-22(21)18-29/h3-4,7-8,17,20H,1-2,5-6,9-16,18-19H2,(H,28,32). The van der Waals surface area contributed by atoms with Crippen molar-refractivity contribution in [1.82, 2.24) is 14.8 Å². The number of hydrogen-bond donors (Lipinski definition) is 1. The van der Waals surface area contributed by atoms with Crippen molar-refractivity contribution in [1.29, 1.82) is 0 Å². The average molecular weight is 450 g/mol. The predicted molar refractivity (Wildman–Crippen MR) is 129 cm³/mol. The van der Waals surface area contributed by atoms with E-state index in [0.29, 0.717) is 36.9 Å². The Morgan fingerprint density at radius 2 is 1.91 bits per heavy atom. The van der Waals surface area contributed by atoms with Crippen LogP contribution in [0.15, 0.2) is 35.1 Å². The van der Waals surface area contributed by atoms with Crippen molar-refractivity contribution in [3.63, 3.8) is 0 Å². The molecular formula is C27H35N3O3. The summed E-state index contributed by atoms with van der Waals surface area (Å²) in [5.74, 6) is 0.942. The number of aromatic nitrogens is 1. The Morgan fingerprint density at radius 1 is 1.06 bits per heavy atom. The summed E-state index contributed by atoms with van der Waals surface area (Å²) in [5.41, 5.74) is 4.28. The molecule has 0 saturated heterocycles. The van der Waals surface area contributed by atoms with Gasteiger partial charge in [-0.2, -0.15) is 0 Å². The van der Waals surface area contributed by atoms with Gasteiger partial charge in [0, 0.05) is 44.5 Å². The fourth-order valence-corrected chi connectivity index (χ4v) is 5.10.